The lowest BCUT2D eigenvalue weighted by Gasteiger charge is -2.10. The summed E-state index contributed by atoms with van der Waals surface area (Å²) in [5, 5.41) is 4.41. The molecule has 1 amide bonds. The minimum absolute atomic E-state index is 0.259. The van der Waals surface area contributed by atoms with Crippen LogP contribution in [0.4, 0.5) is 0 Å². The highest BCUT2D eigenvalue weighted by Gasteiger charge is 2.21. The average molecular weight is 315 g/mol. The van der Waals surface area contributed by atoms with Crippen LogP contribution in [-0.2, 0) is 16.1 Å². The summed E-state index contributed by atoms with van der Waals surface area (Å²) >= 11 is 0. The van der Waals surface area contributed by atoms with E-state index in [0.717, 1.165) is 11.3 Å². The monoisotopic (exact) mass is 315 g/mol. The SMILES string of the molecule is Cc1nn(Cc2ccccc2)c(C)c1C(=O)OCC(=O)N(C)C. The summed E-state index contributed by atoms with van der Waals surface area (Å²) in [6.45, 7) is 3.90. The van der Waals surface area contributed by atoms with Crippen LogP contribution in [0.15, 0.2) is 30.3 Å². The molecule has 0 radical (unpaired) electrons. The van der Waals surface area contributed by atoms with Crippen LogP contribution in [0.1, 0.15) is 27.3 Å². The third-order valence-corrected chi connectivity index (χ3v) is 3.59. The number of benzene rings is 1. The molecule has 0 atom stereocenters. The Morgan fingerprint density at radius 1 is 1.17 bits per heavy atom. The molecule has 2 rings (SSSR count). The van der Waals surface area contributed by atoms with Gasteiger partial charge in [0, 0.05) is 14.1 Å². The number of carbonyl (C=O) groups is 2. The van der Waals surface area contributed by atoms with E-state index >= 15 is 0 Å². The molecular formula is C17H21N3O3. The molecule has 2 aromatic rings. The normalized spacial score (nSPS) is 10.4. The molecule has 0 aliphatic heterocycles. The molecular weight excluding hydrogens is 294 g/mol. The van der Waals surface area contributed by atoms with Crippen LogP contribution in [0.2, 0.25) is 0 Å². The van der Waals surface area contributed by atoms with Gasteiger partial charge in [0.2, 0.25) is 0 Å². The van der Waals surface area contributed by atoms with Gasteiger partial charge in [0.1, 0.15) is 5.56 Å². The topological polar surface area (TPSA) is 64.4 Å². The van der Waals surface area contributed by atoms with Crippen molar-refractivity contribution in [2.24, 2.45) is 0 Å². The number of likely N-dealkylation sites (N-methyl/N-ethyl adjacent to an activating group) is 1. The van der Waals surface area contributed by atoms with E-state index in [1.54, 1.807) is 25.7 Å². The van der Waals surface area contributed by atoms with Gasteiger partial charge in [0.25, 0.3) is 5.91 Å². The highest BCUT2D eigenvalue weighted by atomic mass is 16.5. The number of carbonyl (C=O) groups excluding carboxylic acids is 2. The molecule has 0 aliphatic rings. The van der Waals surface area contributed by atoms with E-state index in [1.165, 1.54) is 4.90 Å². The Kier molecular flexibility index (Phi) is 5.16. The zero-order chi connectivity index (χ0) is 17.0. The number of amides is 1. The van der Waals surface area contributed by atoms with Crippen LogP contribution in [0.3, 0.4) is 0 Å². The van der Waals surface area contributed by atoms with Gasteiger partial charge in [0.15, 0.2) is 6.61 Å². The van der Waals surface area contributed by atoms with Gasteiger partial charge in [-0.2, -0.15) is 5.10 Å². The predicted molar refractivity (Wildman–Crippen MR) is 86.2 cm³/mol. The molecule has 0 saturated heterocycles. The standard InChI is InChI=1S/C17H21N3O3/c1-12-16(17(22)23-11-15(21)19(3)4)13(2)20(18-12)10-14-8-6-5-7-9-14/h5-9H,10-11H2,1-4H3. The lowest BCUT2D eigenvalue weighted by molar-refractivity contribution is -0.131. The van der Waals surface area contributed by atoms with Crippen molar-refractivity contribution in [1.82, 2.24) is 14.7 Å². The average Bonchev–Trinajstić information content (AvgIpc) is 2.79. The highest BCUT2D eigenvalue weighted by Crippen LogP contribution is 2.16. The summed E-state index contributed by atoms with van der Waals surface area (Å²) in [5.74, 6) is -0.778. The first-order chi connectivity index (χ1) is 10.9. The van der Waals surface area contributed by atoms with Crippen molar-refractivity contribution in [3.8, 4) is 0 Å². The lowest BCUT2D eigenvalue weighted by atomic mass is 10.2. The Balaban J connectivity index is 2.14. The van der Waals surface area contributed by atoms with Crippen LogP contribution in [-0.4, -0.2) is 47.3 Å². The second-order valence-electron chi connectivity index (χ2n) is 5.55. The van der Waals surface area contributed by atoms with E-state index in [4.69, 9.17) is 4.74 Å². The quantitative estimate of drug-likeness (QED) is 0.789. The van der Waals surface area contributed by atoms with Crippen molar-refractivity contribution in [3.05, 3.63) is 52.8 Å². The molecule has 122 valence electrons. The van der Waals surface area contributed by atoms with E-state index in [9.17, 15) is 9.59 Å². The number of esters is 1. The molecule has 0 bridgehead atoms. The molecule has 1 aromatic heterocycles. The molecule has 0 saturated carbocycles. The van der Waals surface area contributed by atoms with E-state index in [0.29, 0.717) is 17.8 Å². The third kappa shape index (κ3) is 3.97. The fourth-order valence-electron chi connectivity index (χ4n) is 2.23. The Morgan fingerprint density at radius 3 is 2.43 bits per heavy atom. The molecule has 23 heavy (non-hydrogen) atoms. The van der Waals surface area contributed by atoms with Crippen LogP contribution in [0, 0.1) is 13.8 Å². The smallest absolute Gasteiger partial charge is 0.342 e. The van der Waals surface area contributed by atoms with Gasteiger partial charge in [-0.1, -0.05) is 30.3 Å². The summed E-state index contributed by atoms with van der Waals surface area (Å²) in [4.78, 5) is 25.1. The fraction of sp³-hybridized carbons (Fsp3) is 0.353. The first-order valence-corrected chi connectivity index (χ1v) is 7.35. The van der Waals surface area contributed by atoms with Crippen molar-refractivity contribution in [2.45, 2.75) is 20.4 Å². The van der Waals surface area contributed by atoms with Gasteiger partial charge in [-0.25, -0.2) is 4.79 Å². The first-order valence-electron chi connectivity index (χ1n) is 7.35. The molecule has 0 spiro atoms. The molecule has 0 fully saturated rings. The maximum Gasteiger partial charge on any atom is 0.342 e. The van der Waals surface area contributed by atoms with E-state index in [2.05, 4.69) is 5.10 Å². The summed E-state index contributed by atoms with van der Waals surface area (Å²) < 4.78 is 6.87. The van der Waals surface area contributed by atoms with Crippen LogP contribution >= 0.6 is 0 Å². The van der Waals surface area contributed by atoms with Gasteiger partial charge in [-0.05, 0) is 19.4 Å². The second-order valence-corrected chi connectivity index (χ2v) is 5.55. The van der Waals surface area contributed by atoms with Crippen LogP contribution in [0.25, 0.3) is 0 Å². The minimum Gasteiger partial charge on any atom is -0.452 e. The Hall–Kier alpha value is -2.63. The molecule has 0 aliphatic carbocycles. The van der Waals surface area contributed by atoms with Gasteiger partial charge in [-0.3, -0.25) is 9.48 Å². The zero-order valence-electron chi connectivity index (χ0n) is 13.9. The largest absolute Gasteiger partial charge is 0.452 e. The summed E-state index contributed by atoms with van der Waals surface area (Å²) in [6, 6.07) is 9.88. The molecule has 0 unspecified atom stereocenters. The minimum atomic E-state index is -0.519. The predicted octanol–water partition coefficient (Wildman–Crippen LogP) is 1.79. The molecule has 6 nitrogen and oxygen atoms in total. The van der Waals surface area contributed by atoms with E-state index < -0.39 is 5.97 Å². The van der Waals surface area contributed by atoms with Crippen LogP contribution < -0.4 is 0 Å². The van der Waals surface area contributed by atoms with Gasteiger partial charge in [0.05, 0.1) is 17.9 Å². The van der Waals surface area contributed by atoms with Gasteiger partial charge < -0.3 is 9.64 Å². The van der Waals surface area contributed by atoms with Gasteiger partial charge in [-0.15, -0.1) is 0 Å². The summed E-state index contributed by atoms with van der Waals surface area (Å²) in [7, 11) is 3.23. The number of hydrogen-bond donors (Lipinski definition) is 0. The molecule has 1 heterocycles. The number of hydrogen-bond acceptors (Lipinski definition) is 4. The van der Waals surface area contributed by atoms with Crippen molar-refractivity contribution in [1.29, 1.82) is 0 Å². The van der Waals surface area contributed by atoms with E-state index in [-0.39, 0.29) is 12.5 Å². The molecule has 0 N–H and O–H groups in total. The number of aromatic nitrogens is 2. The van der Waals surface area contributed by atoms with Gasteiger partial charge >= 0.3 is 5.97 Å². The summed E-state index contributed by atoms with van der Waals surface area (Å²) in [5.41, 5.74) is 2.85. The number of rotatable bonds is 5. The maximum atomic E-state index is 12.2. The molecule has 1 aromatic carbocycles. The van der Waals surface area contributed by atoms with Crippen molar-refractivity contribution in [3.63, 3.8) is 0 Å². The second kappa shape index (κ2) is 7.09. The zero-order valence-corrected chi connectivity index (χ0v) is 13.9. The van der Waals surface area contributed by atoms with Crippen molar-refractivity contribution in [2.75, 3.05) is 20.7 Å². The Morgan fingerprint density at radius 2 is 1.83 bits per heavy atom. The number of nitrogens with zero attached hydrogens (tertiary/aromatic N) is 3. The van der Waals surface area contributed by atoms with Crippen LogP contribution in [0.5, 0.6) is 0 Å². The molecule has 6 heteroatoms. The third-order valence-electron chi connectivity index (χ3n) is 3.59. The maximum absolute atomic E-state index is 12.2. The number of ether oxygens (including phenoxy) is 1. The Labute approximate surface area is 135 Å². The van der Waals surface area contributed by atoms with Crippen molar-refractivity contribution < 1.29 is 14.3 Å². The first kappa shape index (κ1) is 16.7. The summed E-state index contributed by atoms with van der Waals surface area (Å²) in [6.07, 6.45) is 0. The lowest BCUT2D eigenvalue weighted by Crippen LogP contribution is -2.27. The number of aryl methyl sites for hydroxylation is 1. The van der Waals surface area contributed by atoms with Crippen molar-refractivity contribution >= 4 is 11.9 Å². The fourth-order valence-corrected chi connectivity index (χ4v) is 2.23. The Bertz CT molecular complexity index is 705. The van der Waals surface area contributed by atoms with E-state index in [1.807, 2.05) is 37.3 Å². The highest BCUT2D eigenvalue weighted by molar-refractivity contribution is 5.93.